The van der Waals surface area contributed by atoms with E-state index < -0.39 is 0 Å². The SMILES string of the molecule is O=C(Cn1cncn1)N1CCC(Oc2cccc3cccnc23)CC1. The van der Waals surface area contributed by atoms with Crippen LogP contribution in [0.3, 0.4) is 0 Å². The summed E-state index contributed by atoms with van der Waals surface area (Å²) in [6.45, 7) is 1.62. The molecule has 25 heavy (non-hydrogen) atoms. The third-order valence-corrected chi connectivity index (χ3v) is 4.45. The molecule has 2 aromatic heterocycles. The van der Waals surface area contributed by atoms with Crippen molar-refractivity contribution < 1.29 is 9.53 Å². The van der Waals surface area contributed by atoms with E-state index in [1.807, 2.05) is 35.2 Å². The first-order valence-electron chi connectivity index (χ1n) is 8.40. The lowest BCUT2D eigenvalue weighted by Crippen LogP contribution is -2.43. The number of rotatable bonds is 4. The van der Waals surface area contributed by atoms with Crippen molar-refractivity contribution >= 4 is 16.8 Å². The maximum absolute atomic E-state index is 12.3. The van der Waals surface area contributed by atoms with Crippen molar-refractivity contribution in [2.24, 2.45) is 0 Å². The Hall–Kier alpha value is -2.96. The van der Waals surface area contributed by atoms with Gasteiger partial charge in [-0.1, -0.05) is 18.2 Å². The Balaban J connectivity index is 1.36. The number of hydrogen-bond donors (Lipinski definition) is 0. The Morgan fingerprint density at radius 1 is 1.20 bits per heavy atom. The molecule has 0 N–H and O–H groups in total. The number of ether oxygens (including phenoxy) is 1. The number of amides is 1. The summed E-state index contributed by atoms with van der Waals surface area (Å²) in [5.41, 5.74) is 0.884. The van der Waals surface area contributed by atoms with Gasteiger partial charge in [0.25, 0.3) is 0 Å². The van der Waals surface area contributed by atoms with Crippen molar-refractivity contribution in [2.75, 3.05) is 13.1 Å². The number of pyridine rings is 1. The van der Waals surface area contributed by atoms with Crippen molar-refractivity contribution in [3.05, 3.63) is 49.2 Å². The van der Waals surface area contributed by atoms with Crippen molar-refractivity contribution in [1.82, 2.24) is 24.6 Å². The molecule has 1 aliphatic rings. The number of carbonyl (C=O) groups excluding carboxylic acids is 1. The van der Waals surface area contributed by atoms with E-state index in [1.165, 1.54) is 6.33 Å². The molecule has 1 aliphatic heterocycles. The lowest BCUT2D eigenvalue weighted by atomic mass is 10.1. The molecule has 0 aliphatic carbocycles. The number of aromatic nitrogens is 4. The van der Waals surface area contributed by atoms with Crippen LogP contribution in [0.4, 0.5) is 0 Å². The van der Waals surface area contributed by atoms with Gasteiger partial charge in [-0.15, -0.1) is 0 Å². The molecule has 0 unspecified atom stereocenters. The molecule has 0 spiro atoms. The average Bonchev–Trinajstić information content (AvgIpc) is 3.16. The van der Waals surface area contributed by atoms with Crippen LogP contribution >= 0.6 is 0 Å². The Morgan fingerprint density at radius 3 is 2.84 bits per heavy atom. The molecule has 0 atom stereocenters. The van der Waals surface area contributed by atoms with Crippen LogP contribution in [0, 0.1) is 0 Å². The van der Waals surface area contributed by atoms with Gasteiger partial charge in [0.15, 0.2) is 0 Å². The number of fused-ring (bicyclic) bond motifs is 1. The molecule has 0 radical (unpaired) electrons. The largest absolute Gasteiger partial charge is 0.488 e. The second-order valence-electron chi connectivity index (χ2n) is 6.12. The molecule has 7 heteroatoms. The zero-order valence-corrected chi connectivity index (χ0v) is 13.8. The Kier molecular flexibility index (Phi) is 4.28. The summed E-state index contributed by atoms with van der Waals surface area (Å²) in [5, 5.41) is 5.05. The average molecular weight is 337 g/mol. The van der Waals surface area contributed by atoms with Crippen molar-refractivity contribution in [3.8, 4) is 5.75 Å². The molecular weight excluding hydrogens is 318 g/mol. The molecule has 1 fully saturated rings. The molecule has 7 nitrogen and oxygen atoms in total. The van der Waals surface area contributed by atoms with Crippen LogP contribution in [0.1, 0.15) is 12.8 Å². The monoisotopic (exact) mass is 337 g/mol. The van der Waals surface area contributed by atoms with E-state index in [9.17, 15) is 4.79 Å². The quantitative estimate of drug-likeness (QED) is 0.727. The van der Waals surface area contributed by atoms with Crippen molar-refractivity contribution in [1.29, 1.82) is 0 Å². The molecule has 128 valence electrons. The van der Waals surface area contributed by atoms with Gasteiger partial charge in [-0.2, -0.15) is 5.10 Å². The summed E-state index contributed by atoms with van der Waals surface area (Å²) in [7, 11) is 0. The van der Waals surface area contributed by atoms with Crippen LogP contribution in [0.25, 0.3) is 10.9 Å². The van der Waals surface area contributed by atoms with Gasteiger partial charge in [0.05, 0.1) is 0 Å². The third kappa shape index (κ3) is 3.45. The van der Waals surface area contributed by atoms with Gasteiger partial charge >= 0.3 is 0 Å². The zero-order chi connectivity index (χ0) is 17.1. The number of carbonyl (C=O) groups is 1. The van der Waals surface area contributed by atoms with Crippen LogP contribution in [-0.4, -0.2) is 49.7 Å². The Bertz CT molecular complexity index is 852. The number of likely N-dealkylation sites (tertiary alicyclic amines) is 1. The summed E-state index contributed by atoms with van der Waals surface area (Å²) in [6.07, 6.45) is 6.49. The molecule has 1 saturated heterocycles. The number of nitrogens with zero attached hydrogens (tertiary/aromatic N) is 5. The number of piperidine rings is 1. The zero-order valence-electron chi connectivity index (χ0n) is 13.8. The van der Waals surface area contributed by atoms with Gasteiger partial charge in [-0.3, -0.25) is 9.78 Å². The summed E-state index contributed by atoms with van der Waals surface area (Å²) in [4.78, 5) is 22.4. The second-order valence-corrected chi connectivity index (χ2v) is 6.12. The maximum atomic E-state index is 12.3. The van der Waals surface area contributed by atoms with Crippen LogP contribution in [0.2, 0.25) is 0 Å². The first-order valence-corrected chi connectivity index (χ1v) is 8.40. The van der Waals surface area contributed by atoms with E-state index in [4.69, 9.17) is 4.74 Å². The van der Waals surface area contributed by atoms with E-state index in [-0.39, 0.29) is 18.6 Å². The minimum Gasteiger partial charge on any atom is -0.488 e. The van der Waals surface area contributed by atoms with Gasteiger partial charge in [0.2, 0.25) is 5.91 Å². The fourth-order valence-corrected chi connectivity index (χ4v) is 3.13. The smallest absolute Gasteiger partial charge is 0.244 e. The van der Waals surface area contributed by atoms with E-state index in [0.29, 0.717) is 13.1 Å². The lowest BCUT2D eigenvalue weighted by molar-refractivity contribution is -0.133. The fourth-order valence-electron chi connectivity index (χ4n) is 3.13. The predicted octanol–water partition coefficient (Wildman–Crippen LogP) is 1.90. The van der Waals surface area contributed by atoms with Gasteiger partial charge < -0.3 is 9.64 Å². The second kappa shape index (κ2) is 6.88. The molecule has 0 bridgehead atoms. The van der Waals surface area contributed by atoms with Gasteiger partial charge in [0, 0.05) is 37.5 Å². The molecule has 0 saturated carbocycles. The third-order valence-electron chi connectivity index (χ3n) is 4.45. The van der Waals surface area contributed by atoms with Gasteiger partial charge in [-0.25, -0.2) is 9.67 Å². The molecule has 3 heterocycles. The molecule has 4 rings (SSSR count). The van der Waals surface area contributed by atoms with Crippen molar-refractivity contribution in [3.63, 3.8) is 0 Å². The minimum absolute atomic E-state index is 0.0655. The van der Waals surface area contributed by atoms with E-state index in [0.717, 1.165) is 29.5 Å². The van der Waals surface area contributed by atoms with E-state index in [2.05, 4.69) is 15.1 Å². The Labute approximate surface area is 145 Å². The summed E-state index contributed by atoms with van der Waals surface area (Å²) >= 11 is 0. The summed E-state index contributed by atoms with van der Waals surface area (Å²) < 4.78 is 7.72. The van der Waals surface area contributed by atoms with Gasteiger partial charge in [0.1, 0.15) is 36.6 Å². The van der Waals surface area contributed by atoms with Crippen LogP contribution < -0.4 is 4.74 Å². The van der Waals surface area contributed by atoms with Crippen LogP contribution in [0.5, 0.6) is 5.75 Å². The normalized spacial score (nSPS) is 15.4. The molecular formula is C18H19N5O2. The molecule has 3 aromatic rings. The van der Waals surface area contributed by atoms with Crippen LogP contribution in [0.15, 0.2) is 49.2 Å². The first kappa shape index (κ1) is 15.6. The first-order chi connectivity index (χ1) is 12.3. The highest BCUT2D eigenvalue weighted by Gasteiger charge is 2.24. The number of benzene rings is 1. The van der Waals surface area contributed by atoms with E-state index >= 15 is 0 Å². The summed E-state index contributed by atoms with van der Waals surface area (Å²) in [5.74, 6) is 0.876. The summed E-state index contributed by atoms with van der Waals surface area (Å²) in [6, 6.07) is 9.92. The fraction of sp³-hybridized carbons (Fsp3) is 0.333. The van der Waals surface area contributed by atoms with Gasteiger partial charge in [-0.05, 0) is 12.1 Å². The highest BCUT2D eigenvalue weighted by Crippen LogP contribution is 2.26. The highest BCUT2D eigenvalue weighted by molar-refractivity contribution is 5.84. The topological polar surface area (TPSA) is 73.1 Å². The van der Waals surface area contributed by atoms with Crippen molar-refractivity contribution in [2.45, 2.75) is 25.5 Å². The molecule has 1 amide bonds. The minimum atomic E-state index is 0.0655. The van der Waals surface area contributed by atoms with E-state index in [1.54, 1.807) is 17.2 Å². The standard InChI is InChI=1S/C18H19N5O2/c24-17(11-23-13-19-12-21-23)22-9-6-15(7-10-22)25-16-5-1-3-14-4-2-8-20-18(14)16/h1-5,8,12-13,15H,6-7,9-11H2. The molecule has 1 aromatic carbocycles. The number of para-hydroxylation sites is 1. The van der Waals surface area contributed by atoms with Crippen LogP contribution in [-0.2, 0) is 11.3 Å². The highest BCUT2D eigenvalue weighted by atomic mass is 16.5. The predicted molar refractivity (Wildman–Crippen MR) is 92.0 cm³/mol. The Morgan fingerprint density at radius 2 is 2.04 bits per heavy atom. The maximum Gasteiger partial charge on any atom is 0.244 e. The number of hydrogen-bond acceptors (Lipinski definition) is 5. The lowest BCUT2D eigenvalue weighted by Gasteiger charge is -2.32.